The van der Waals surface area contributed by atoms with Crippen molar-refractivity contribution in [3.8, 4) is 0 Å². The fraction of sp³-hybridized carbons (Fsp3) is 0.0769. The van der Waals surface area contributed by atoms with Crippen LogP contribution in [0.1, 0.15) is 10.4 Å². The van der Waals surface area contributed by atoms with Crippen molar-refractivity contribution < 1.29 is 17.4 Å². The van der Waals surface area contributed by atoms with Gasteiger partial charge in [-0.1, -0.05) is 18.2 Å². The molecule has 20 heavy (non-hydrogen) atoms. The van der Waals surface area contributed by atoms with Crippen molar-refractivity contribution in [1.29, 1.82) is 0 Å². The van der Waals surface area contributed by atoms with E-state index >= 15 is 0 Å². The van der Waals surface area contributed by atoms with Gasteiger partial charge in [-0.15, -0.1) is 0 Å². The van der Waals surface area contributed by atoms with Crippen LogP contribution < -0.4 is 4.31 Å². The van der Waals surface area contributed by atoms with Crippen LogP contribution in [0.3, 0.4) is 0 Å². The van der Waals surface area contributed by atoms with Gasteiger partial charge in [0.05, 0.1) is 11.3 Å². The van der Waals surface area contributed by atoms with E-state index in [1.807, 2.05) is 0 Å². The molecular formula is C13H12N2O4S. The molecule has 1 aromatic carbocycles. The number of anilines is 1. The Bertz CT molecular complexity index is 687. The predicted octanol–water partition coefficient (Wildman–Crippen LogP) is 1.62. The van der Waals surface area contributed by atoms with E-state index in [0.717, 1.165) is 4.31 Å². The molecule has 0 atom stereocenters. The summed E-state index contributed by atoms with van der Waals surface area (Å²) in [7, 11) is -2.89. The molecule has 0 aliphatic carbocycles. The van der Waals surface area contributed by atoms with E-state index in [1.165, 1.54) is 31.6 Å². The summed E-state index contributed by atoms with van der Waals surface area (Å²) in [5.41, 5.74) is 0.514. The normalized spacial score (nSPS) is 10.8. The van der Waals surface area contributed by atoms with Crippen LogP contribution in [0, 0.1) is 0 Å². The highest BCUT2D eigenvalue weighted by molar-refractivity contribution is 7.88. The minimum Gasteiger partial charge on any atom is -0.325 e. The van der Waals surface area contributed by atoms with Crippen molar-refractivity contribution in [1.82, 2.24) is 4.98 Å². The molecule has 0 amide bonds. The maximum atomic E-state index is 12.0. The number of carbonyl (C=O) groups is 1. The maximum absolute atomic E-state index is 12.0. The predicted molar refractivity (Wildman–Crippen MR) is 73.4 cm³/mol. The Hall–Kier alpha value is -2.41. The second-order valence-corrected chi connectivity index (χ2v) is 5.44. The number of hydrogen-bond donors (Lipinski definition) is 0. The van der Waals surface area contributed by atoms with Gasteiger partial charge >= 0.3 is 16.3 Å². The minimum absolute atomic E-state index is 0.116. The Morgan fingerprint density at radius 3 is 2.30 bits per heavy atom. The summed E-state index contributed by atoms with van der Waals surface area (Å²) in [4.78, 5) is 15.5. The van der Waals surface area contributed by atoms with Gasteiger partial charge in [-0.2, -0.15) is 8.42 Å². The summed E-state index contributed by atoms with van der Waals surface area (Å²) in [6.07, 6.45) is 2.76. The first-order chi connectivity index (χ1) is 9.50. The minimum atomic E-state index is -4.20. The molecule has 104 valence electrons. The van der Waals surface area contributed by atoms with E-state index in [1.54, 1.807) is 30.3 Å². The van der Waals surface area contributed by atoms with E-state index in [0.29, 0.717) is 5.69 Å². The molecule has 6 nitrogen and oxygen atoms in total. The van der Waals surface area contributed by atoms with Crippen molar-refractivity contribution >= 4 is 22.0 Å². The van der Waals surface area contributed by atoms with Gasteiger partial charge in [0.1, 0.15) is 0 Å². The molecule has 0 aliphatic rings. The molecule has 0 saturated carbocycles. The average molecular weight is 292 g/mol. The van der Waals surface area contributed by atoms with Crippen LogP contribution in [-0.4, -0.2) is 26.4 Å². The zero-order chi connectivity index (χ0) is 14.6. The number of nitrogens with zero attached hydrogens (tertiary/aromatic N) is 2. The lowest BCUT2D eigenvalue weighted by atomic mass is 10.3. The first-order valence-corrected chi connectivity index (χ1v) is 7.05. The topological polar surface area (TPSA) is 76.6 Å². The number of carbonyl (C=O) groups excluding carboxylic acids is 1. The highest BCUT2D eigenvalue weighted by Gasteiger charge is 2.24. The van der Waals surface area contributed by atoms with Gasteiger partial charge in [0.2, 0.25) is 0 Å². The Kier molecular flexibility index (Phi) is 3.99. The van der Waals surface area contributed by atoms with E-state index in [4.69, 9.17) is 0 Å². The van der Waals surface area contributed by atoms with Crippen molar-refractivity contribution in [2.24, 2.45) is 0 Å². The van der Waals surface area contributed by atoms with Gasteiger partial charge in [-0.3, -0.25) is 4.98 Å². The zero-order valence-corrected chi connectivity index (χ0v) is 11.4. The summed E-state index contributed by atoms with van der Waals surface area (Å²) in [5, 5.41) is 0. The molecule has 2 aromatic rings. The number of hydrogen-bond acceptors (Lipinski definition) is 5. The van der Waals surface area contributed by atoms with Crippen LogP contribution >= 0.6 is 0 Å². The molecular weight excluding hydrogens is 280 g/mol. The lowest BCUT2D eigenvalue weighted by Crippen LogP contribution is -2.30. The number of pyridine rings is 1. The first kappa shape index (κ1) is 14.0. The van der Waals surface area contributed by atoms with Crippen LogP contribution in [0.4, 0.5) is 5.69 Å². The molecule has 0 N–H and O–H groups in total. The smallest absolute Gasteiger partial charge is 0.325 e. The third kappa shape index (κ3) is 3.12. The van der Waals surface area contributed by atoms with Crippen molar-refractivity contribution in [3.05, 3.63) is 60.4 Å². The van der Waals surface area contributed by atoms with Crippen LogP contribution in [0.5, 0.6) is 0 Å². The first-order valence-electron chi connectivity index (χ1n) is 5.68. The molecule has 0 bridgehead atoms. The third-order valence-corrected chi connectivity index (χ3v) is 3.80. The van der Waals surface area contributed by atoms with Gasteiger partial charge in [0.15, 0.2) is 0 Å². The van der Waals surface area contributed by atoms with Crippen LogP contribution in [0.15, 0.2) is 54.9 Å². The molecule has 0 fully saturated rings. The average Bonchev–Trinajstić information content (AvgIpc) is 2.48. The lowest BCUT2D eigenvalue weighted by Gasteiger charge is -2.17. The van der Waals surface area contributed by atoms with Gasteiger partial charge in [0, 0.05) is 19.4 Å². The molecule has 2 rings (SSSR count). The fourth-order valence-electron chi connectivity index (χ4n) is 1.45. The summed E-state index contributed by atoms with van der Waals surface area (Å²) in [5.74, 6) is -0.949. The van der Waals surface area contributed by atoms with Gasteiger partial charge in [-0.25, -0.2) is 9.10 Å². The number of rotatable bonds is 4. The highest BCUT2D eigenvalue weighted by Crippen LogP contribution is 2.17. The lowest BCUT2D eigenvalue weighted by molar-refractivity contribution is 0.0746. The van der Waals surface area contributed by atoms with E-state index in [9.17, 15) is 13.2 Å². The quantitative estimate of drug-likeness (QED) is 0.855. The molecule has 1 heterocycles. The van der Waals surface area contributed by atoms with Gasteiger partial charge in [-0.05, 0) is 24.3 Å². The summed E-state index contributed by atoms with van der Waals surface area (Å²) < 4.78 is 29.4. The summed E-state index contributed by atoms with van der Waals surface area (Å²) in [6.45, 7) is 0. The third-order valence-electron chi connectivity index (χ3n) is 2.55. The fourth-order valence-corrected chi connectivity index (χ4v) is 2.23. The largest absolute Gasteiger partial charge is 0.412 e. The standard InChI is InChI=1S/C13H12N2O4S/c1-15(12-5-3-2-4-6-12)20(17,18)19-13(16)11-7-9-14-10-8-11/h2-10H,1H3. The van der Waals surface area contributed by atoms with E-state index in [-0.39, 0.29) is 5.56 Å². The monoisotopic (exact) mass is 292 g/mol. The van der Waals surface area contributed by atoms with Gasteiger partial charge < -0.3 is 4.18 Å². The van der Waals surface area contributed by atoms with Crippen LogP contribution in [0.25, 0.3) is 0 Å². The highest BCUT2D eigenvalue weighted by atomic mass is 32.2. The molecule has 0 radical (unpaired) electrons. The van der Waals surface area contributed by atoms with Crippen molar-refractivity contribution in [2.45, 2.75) is 0 Å². The molecule has 1 aromatic heterocycles. The summed E-state index contributed by atoms with van der Waals surface area (Å²) >= 11 is 0. The van der Waals surface area contributed by atoms with E-state index in [2.05, 4.69) is 9.17 Å². The Morgan fingerprint density at radius 2 is 1.70 bits per heavy atom. The Labute approximate surface area is 116 Å². The van der Waals surface area contributed by atoms with Gasteiger partial charge in [0.25, 0.3) is 0 Å². The number of aromatic nitrogens is 1. The molecule has 7 heteroatoms. The molecule has 0 saturated heterocycles. The zero-order valence-electron chi connectivity index (χ0n) is 10.6. The maximum Gasteiger partial charge on any atom is 0.412 e. The number of benzene rings is 1. The Morgan fingerprint density at radius 1 is 1.10 bits per heavy atom. The number of para-hydroxylation sites is 1. The summed E-state index contributed by atoms with van der Waals surface area (Å²) in [6, 6.07) is 11.1. The van der Waals surface area contributed by atoms with Crippen molar-refractivity contribution in [2.75, 3.05) is 11.4 Å². The van der Waals surface area contributed by atoms with Crippen molar-refractivity contribution in [3.63, 3.8) is 0 Å². The second kappa shape index (κ2) is 5.70. The van der Waals surface area contributed by atoms with Crippen LogP contribution in [0.2, 0.25) is 0 Å². The Balaban J connectivity index is 2.18. The van der Waals surface area contributed by atoms with Crippen LogP contribution in [-0.2, 0) is 14.5 Å². The molecule has 0 aliphatic heterocycles. The van der Waals surface area contributed by atoms with E-state index < -0.39 is 16.3 Å². The SMILES string of the molecule is CN(c1ccccc1)S(=O)(=O)OC(=O)c1ccncc1. The molecule has 0 unspecified atom stereocenters. The second-order valence-electron chi connectivity index (χ2n) is 3.87. The molecule has 0 spiro atoms.